The van der Waals surface area contributed by atoms with Crippen LogP contribution in [0.15, 0.2) is 36.0 Å². The largest absolute Gasteiger partial charge is 0.352 e. The molecule has 5 nitrogen and oxygen atoms in total. The van der Waals surface area contributed by atoms with Crippen LogP contribution in [0.2, 0.25) is 0 Å². The summed E-state index contributed by atoms with van der Waals surface area (Å²) < 4.78 is 0. The van der Waals surface area contributed by atoms with Crippen LogP contribution in [-0.4, -0.2) is 55.2 Å². The van der Waals surface area contributed by atoms with Crippen molar-refractivity contribution >= 4 is 5.91 Å². The molecule has 126 valence electrons. The predicted molar refractivity (Wildman–Crippen MR) is 92.9 cm³/mol. The predicted octanol–water partition coefficient (Wildman–Crippen LogP) is 0.773. The number of carbonyl (C=O) groups excluding carboxylic acids is 1. The van der Waals surface area contributed by atoms with E-state index in [9.17, 15) is 4.79 Å². The molecule has 0 aromatic carbocycles. The summed E-state index contributed by atoms with van der Waals surface area (Å²) >= 11 is 0. The molecule has 5 heteroatoms. The summed E-state index contributed by atoms with van der Waals surface area (Å²) in [6.45, 7) is 7.92. The molecule has 1 heterocycles. The second kappa shape index (κ2) is 7.43. The smallest absolute Gasteiger partial charge is 0.252 e. The molecule has 0 bridgehead atoms. The minimum Gasteiger partial charge on any atom is -0.352 e. The lowest BCUT2D eigenvalue weighted by atomic mass is 9.75. The van der Waals surface area contributed by atoms with Crippen molar-refractivity contribution in [2.75, 3.05) is 26.2 Å². The van der Waals surface area contributed by atoms with Crippen molar-refractivity contribution < 1.29 is 4.79 Å². The van der Waals surface area contributed by atoms with E-state index in [0.717, 1.165) is 26.1 Å². The molecule has 4 unspecified atom stereocenters. The molecule has 2 aliphatic carbocycles. The lowest BCUT2D eigenvalue weighted by Crippen LogP contribution is -2.68. The van der Waals surface area contributed by atoms with E-state index in [1.807, 2.05) is 0 Å². The highest BCUT2D eigenvalue weighted by Crippen LogP contribution is 2.33. The third kappa shape index (κ3) is 3.57. The molecule has 3 aliphatic rings. The maximum atomic E-state index is 12.5. The molecule has 0 aromatic heterocycles. The summed E-state index contributed by atoms with van der Waals surface area (Å²) in [6, 6.07) is 0.575. The van der Waals surface area contributed by atoms with E-state index in [0.29, 0.717) is 18.5 Å². The zero-order valence-corrected chi connectivity index (χ0v) is 14.1. The van der Waals surface area contributed by atoms with Crippen molar-refractivity contribution in [3.63, 3.8) is 0 Å². The molecule has 0 aromatic rings. The van der Waals surface area contributed by atoms with E-state index in [2.05, 4.69) is 65.1 Å². The van der Waals surface area contributed by atoms with Gasteiger partial charge in [0.05, 0.1) is 0 Å². The average molecular weight is 316 g/mol. The molecule has 3 N–H and O–H groups in total. The van der Waals surface area contributed by atoms with Crippen molar-refractivity contribution in [2.24, 2.45) is 5.92 Å². The van der Waals surface area contributed by atoms with E-state index in [-0.39, 0.29) is 18.1 Å². The lowest BCUT2D eigenvalue weighted by molar-refractivity contribution is -0.125. The van der Waals surface area contributed by atoms with Crippen LogP contribution in [-0.2, 0) is 4.79 Å². The van der Waals surface area contributed by atoms with Crippen LogP contribution in [0, 0.1) is 5.92 Å². The van der Waals surface area contributed by atoms with Crippen LogP contribution >= 0.6 is 0 Å². The Bertz CT molecular complexity index is 521. The van der Waals surface area contributed by atoms with Gasteiger partial charge in [-0.15, -0.1) is 0 Å². The van der Waals surface area contributed by atoms with Crippen molar-refractivity contribution in [2.45, 2.75) is 38.5 Å². The fraction of sp³-hybridized carbons (Fsp3) is 0.611. The maximum Gasteiger partial charge on any atom is 0.252 e. The van der Waals surface area contributed by atoms with Gasteiger partial charge in [0.15, 0.2) is 0 Å². The van der Waals surface area contributed by atoms with E-state index in [4.69, 9.17) is 0 Å². The van der Waals surface area contributed by atoms with Crippen LogP contribution in [0.25, 0.3) is 0 Å². The van der Waals surface area contributed by atoms with Gasteiger partial charge in [0.25, 0.3) is 5.91 Å². The van der Waals surface area contributed by atoms with Gasteiger partial charge in [-0.3, -0.25) is 15.4 Å². The Morgan fingerprint density at radius 1 is 1.35 bits per heavy atom. The second-order valence-electron chi connectivity index (χ2n) is 6.43. The van der Waals surface area contributed by atoms with Gasteiger partial charge in [0.1, 0.15) is 6.17 Å². The molecule has 1 amide bonds. The van der Waals surface area contributed by atoms with Crippen LogP contribution in [0.1, 0.15) is 20.3 Å². The number of hydrogen-bond donors (Lipinski definition) is 3. The Morgan fingerprint density at radius 2 is 2.17 bits per heavy atom. The normalized spacial score (nSPS) is 31.7. The summed E-state index contributed by atoms with van der Waals surface area (Å²) in [5.41, 5.74) is 1.36. The highest BCUT2D eigenvalue weighted by atomic mass is 16.2. The van der Waals surface area contributed by atoms with Crippen molar-refractivity contribution in [1.82, 2.24) is 20.9 Å². The van der Waals surface area contributed by atoms with Gasteiger partial charge in [-0.25, -0.2) is 0 Å². The first-order valence-electron chi connectivity index (χ1n) is 8.80. The zero-order valence-electron chi connectivity index (χ0n) is 14.1. The number of hydrogen-bond acceptors (Lipinski definition) is 4. The van der Waals surface area contributed by atoms with Gasteiger partial charge in [-0.2, -0.15) is 0 Å². The number of amides is 1. The Labute approximate surface area is 138 Å². The fourth-order valence-electron chi connectivity index (χ4n) is 3.79. The Morgan fingerprint density at radius 3 is 2.96 bits per heavy atom. The molecule has 1 fully saturated rings. The molecule has 0 radical (unpaired) electrons. The SMILES string of the molecule is CCN(CC)CCNC(=O)C1NC2C=CC=C3C=CCC(N1)C32. The number of allylic oxidation sites excluding steroid dienone is 3. The van der Waals surface area contributed by atoms with Gasteiger partial charge in [0, 0.05) is 31.1 Å². The first-order chi connectivity index (χ1) is 11.2. The molecular formula is C18H28N4O. The highest BCUT2D eigenvalue weighted by Gasteiger charge is 2.41. The molecule has 23 heavy (non-hydrogen) atoms. The molecule has 4 atom stereocenters. The molecule has 3 rings (SSSR count). The Kier molecular flexibility index (Phi) is 5.30. The van der Waals surface area contributed by atoms with Crippen LogP contribution in [0.5, 0.6) is 0 Å². The maximum absolute atomic E-state index is 12.5. The van der Waals surface area contributed by atoms with Crippen molar-refractivity contribution in [3.8, 4) is 0 Å². The standard InChI is InChI=1S/C18H28N4O/c1-3-22(4-2)12-11-19-18(23)17-20-14-9-5-7-13-8-6-10-15(21-17)16(13)14/h5-9,14-17,20-21H,3-4,10-12H2,1-2H3,(H,19,23). The summed E-state index contributed by atoms with van der Waals surface area (Å²) in [4.78, 5) is 14.8. The van der Waals surface area contributed by atoms with E-state index in [1.54, 1.807) is 0 Å². The van der Waals surface area contributed by atoms with Gasteiger partial charge in [-0.1, -0.05) is 44.2 Å². The number of rotatable bonds is 6. The monoisotopic (exact) mass is 316 g/mol. The summed E-state index contributed by atoms with van der Waals surface area (Å²) in [7, 11) is 0. The highest BCUT2D eigenvalue weighted by molar-refractivity contribution is 5.81. The fourth-order valence-corrected chi connectivity index (χ4v) is 3.79. The molecule has 0 saturated carbocycles. The minimum absolute atomic E-state index is 0.0506. The van der Waals surface area contributed by atoms with Gasteiger partial charge >= 0.3 is 0 Å². The lowest BCUT2D eigenvalue weighted by Gasteiger charge is -2.45. The Balaban J connectivity index is 1.56. The van der Waals surface area contributed by atoms with Gasteiger partial charge < -0.3 is 10.2 Å². The van der Waals surface area contributed by atoms with Crippen molar-refractivity contribution in [1.29, 1.82) is 0 Å². The summed E-state index contributed by atoms with van der Waals surface area (Å²) in [5, 5.41) is 10.00. The van der Waals surface area contributed by atoms with E-state index in [1.165, 1.54) is 5.57 Å². The molecular weight excluding hydrogens is 288 g/mol. The zero-order chi connectivity index (χ0) is 16.2. The first kappa shape index (κ1) is 16.4. The van der Waals surface area contributed by atoms with Gasteiger partial charge in [-0.05, 0) is 25.1 Å². The quantitative estimate of drug-likeness (QED) is 0.678. The second-order valence-corrected chi connectivity index (χ2v) is 6.43. The van der Waals surface area contributed by atoms with Crippen LogP contribution < -0.4 is 16.0 Å². The molecule has 1 aliphatic heterocycles. The number of carbonyl (C=O) groups is 1. The number of nitrogens with one attached hydrogen (secondary N) is 3. The van der Waals surface area contributed by atoms with E-state index >= 15 is 0 Å². The van der Waals surface area contributed by atoms with E-state index < -0.39 is 0 Å². The summed E-state index contributed by atoms with van der Waals surface area (Å²) in [5.74, 6) is 0.486. The average Bonchev–Trinajstić information content (AvgIpc) is 2.59. The third-order valence-electron chi connectivity index (χ3n) is 5.14. The van der Waals surface area contributed by atoms with Crippen molar-refractivity contribution in [3.05, 3.63) is 36.0 Å². The minimum atomic E-state index is -0.312. The number of likely N-dealkylation sites (N-methyl/N-ethyl adjacent to an activating group) is 1. The van der Waals surface area contributed by atoms with Gasteiger partial charge in [0.2, 0.25) is 0 Å². The first-order valence-corrected chi connectivity index (χ1v) is 8.80. The third-order valence-corrected chi connectivity index (χ3v) is 5.14. The molecule has 0 spiro atoms. The van der Waals surface area contributed by atoms with Crippen LogP contribution in [0.4, 0.5) is 0 Å². The number of nitrogens with zero attached hydrogens (tertiary/aromatic N) is 1. The summed E-state index contributed by atoms with van der Waals surface area (Å²) in [6.07, 6.45) is 11.5. The Hall–Kier alpha value is -1.43. The molecule has 1 saturated heterocycles. The topological polar surface area (TPSA) is 56.4 Å². The van der Waals surface area contributed by atoms with Crippen LogP contribution in [0.3, 0.4) is 0 Å².